The Morgan fingerprint density at radius 3 is 1.89 bits per heavy atom. The number of amides is 2. The summed E-state index contributed by atoms with van der Waals surface area (Å²) in [6, 6.07) is 21.0. The number of anilines is 1. The standard InChI is InChI=1S/C28H31N3O5S.ClH/c1-19(2)17-30(18-26(32)25(29)16-20-8-4-3-5-9-20)37(35,36)22-14-12-21(13-15-22)31-27(33)23-10-6-7-11-24(23)28(31)34;/h3-15,19,25-26,32H,16-18,29H2,1-2H3;1H/t25-,26+;/m0./s1. The smallest absolute Gasteiger partial charge is 0.266 e. The van der Waals surface area contributed by atoms with E-state index >= 15 is 0 Å². The third-order valence-electron chi connectivity index (χ3n) is 6.29. The first-order chi connectivity index (χ1) is 17.6. The second-order valence-electron chi connectivity index (χ2n) is 9.62. The van der Waals surface area contributed by atoms with Crippen molar-refractivity contribution in [3.05, 3.63) is 95.6 Å². The topological polar surface area (TPSA) is 121 Å². The van der Waals surface area contributed by atoms with Gasteiger partial charge in [-0.2, -0.15) is 4.31 Å². The second-order valence-corrected chi connectivity index (χ2v) is 11.6. The van der Waals surface area contributed by atoms with Crippen LogP contribution in [-0.4, -0.2) is 54.9 Å². The van der Waals surface area contributed by atoms with E-state index in [0.717, 1.165) is 10.5 Å². The van der Waals surface area contributed by atoms with Crippen LogP contribution in [0, 0.1) is 5.92 Å². The number of benzene rings is 3. The van der Waals surface area contributed by atoms with Crippen LogP contribution >= 0.6 is 12.4 Å². The van der Waals surface area contributed by atoms with E-state index in [0.29, 0.717) is 17.5 Å². The van der Waals surface area contributed by atoms with Crippen LogP contribution in [-0.2, 0) is 16.4 Å². The van der Waals surface area contributed by atoms with Gasteiger partial charge < -0.3 is 10.8 Å². The van der Waals surface area contributed by atoms with Gasteiger partial charge in [0.1, 0.15) is 0 Å². The van der Waals surface area contributed by atoms with Crippen molar-refractivity contribution in [2.45, 2.75) is 37.3 Å². The lowest BCUT2D eigenvalue weighted by Crippen LogP contribution is -2.47. The number of hydrogen-bond donors (Lipinski definition) is 2. The number of rotatable bonds is 10. The Kier molecular flexibility index (Phi) is 9.45. The number of aliphatic hydroxyl groups excluding tert-OH is 1. The average Bonchev–Trinajstić information content (AvgIpc) is 3.14. The zero-order valence-electron chi connectivity index (χ0n) is 21.2. The third-order valence-corrected chi connectivity index (χ3v) is 8.14. The molecule has 2 amide bonds. The van der Waals surface area contributed by atoms with Crippen molar-refractivity contribution >= 4 is 39.9 Å². The predicted octanol–water partition coefficient (Wildman–Crippen LogP) is 3.49. The SMILES string of the molecule is CC(C)CN(C[C@@H](O)[C@@H](N)Cc1ccccc1)S(=O)(=O)c1ccc(N2C(=O)c3ccccc3C2=O)cc1.Cl. The van der Waals surface area contributed by atoms with Gasteiger partial charge >= 0.3 is 0 Å². The van der Waals surface area contributed by atoms with E-state index < -0.39 is 34.0 Å². The number of imide groups is 1. The fraction of sp³-hybridized carbons (Fsp3) is 0.286. The molecule has 38 heavy (non-hydrogen) atoms. The molecule has 1 aliphatic heterocycles. The summed E-state index contributed by atoms with van der Waals surface area (Å²) in [4.78, 5) is 26.6. The van der Waals surface area contributed by atoms with Gasteiger partial charge in [-0.1, -0.05) is 56.3 Å². The number of carbonyl (C=O) groups excluding carboxylic acids is 2. The Balaban J connectivity index is 0.00000400. The first-order valence-corrected chi connectivity index (χ1v) is 13.6. The number of sulfonamides is 1. The van der Waals surface area contributed by atoms with Crippen LogP contribution in [0.5, 0.6) is 0 Å². The quantitative estimate of drug-likeness (QED) is 0.368. The largest absolute Gasteiger partial charge is 0.390 e. The maximum absolute atomic E-state index is 13.6. The van der Waals surface area contributed by atoms with E-state index in [1.54, 1.807) is 24.3 Å². The summed E-state index contributed by atoms with van der Waals surface area (Å²) in [5.41, 5.74) is 8.09. The molecule has 0 fully saturated rings. The summed E-state index contributed by atoms with van der Waals surface area (Å²) >= 11 is 0. The number of carbonyl (C=O) groups is 2. The number of nitrogens with two attached hydrogens (primary N) is 1. The molecule has 1 heterocycles. The molecule has 2 atom stereocenters. The number of nitrogens with zero attached hydrogens (tertiary/aromatic N) is 2. The fourth-order valence-corrected chi connectivity index (χ4v) is 6.01. The summed E-state index contributed by atoms with van der Waals surface area (Å²) in [7, 11) is -3.99. The molecule has 1 aliphatic rings. The van der Waals surface area contributed by atoms with Gasteiger partial charge in [0.25, 0.3) is 11.8 Å². The molecule has 3 N–H and O–H groups in total. The van der Waals surface area contributed by atoms with Gasteiger partial charge in [0.15, 0.2) is 0 Å². The summed E-state index contributed by atoms with van der Waals surface area (Å²) in [6.07, 6.45) is -0.668. The molecule has 0 bridgehead atoms. The molecule has 202 valence electrons. The first-order valence-electron chi connectivity index (χ1n) is 12.1. The van der Waals surface area contributed by atoms with E-state index in [9.17, 15) is 23.1 Å². The van der Waals surface area contributed by atoms with Crippen LogP contribution in [0.25, 0.3) is 0 Å². The highest BCUT2D eigenvalue weighted by Gasteiger charge is 2.36. The van der Waals surface area contributed by atoms with E-state index in [2.05, 4.69) is 0 Å². The molecular formula is C28H32ClN3O5S. The summed E-state index contributed by atoms with van der Waals surface area (Å²) in [5.74, 6) is -0.897. The number of halogens is 1. The monoisotopic (exact) mass is 557 g/mol. The maximum atomic E-state index is 13.6. The predicted molar refractivity (Wildman–Crippen MR) is 149 cm³/mol. The van der Waals surface area contributed by atoms with Crippen molar-refractivity contribution < 1.29 is 23.1 Å². The van der Waals surface area contributed by atoms with Crippen LogP contribution < -0.4 is 10.6 Å². The highest BCUT2D eigenvalue weighted by molar-refractivity contribution is 7.89. The lowest BCUT2D eigenvalue weighted by molar-refractivity contribution is 0.0926. The van der Waals surface area contributed by atoms with Crippen molar-refractivity contribution in [2.24, 2.45) is 11.7 Å². The minimum atomic E-state index is -3.99. The van der Waals surface area contributed by atoms with Crippen molar-refractivity contribution in [1.82, 2.24) is 4.31 Å². The van der Waals surface area contributed by atoms with Gasteiger partial charge in [-0.25, -0.2) is 13.3 Å². The lowest BCUT2D eigenvalue weighted by atomic mass is 10.0. The van der Waals surface area contributed by atoms with Crippen molar-refractivity contribution in [2.75, 3.05) is 18.0 Å². The Morgan fingerprint density at radius 2 is 1.37 bits per heavy atom. The number of hydrogen-bond acceptors (Lipinski definition) is 6. The summed E-state index contributed by atoms with van der Waals surface area (Å²) in [6.45, 7) is 3.82. The molecular weight excluding hydrogens is 526 g/mol. The zero-order valence-corrected chi connectivity index (χ0v) is 22.9. The molecule has 0 aliphatic carbocycles. The molecule has 3 aromatic rings. The van der Waals surface area contributed by atoms with E-state index in [-0.39, 0.29) is 42.0 Å². The molecule has 4 rings (SSSR count). The van der Waals surface area contributed by atoms with Crippen LogP contribution in [0.3, 0.4) is 0 Å². The van der Waals surface area contributed by atoms with Gasteiger partial charge in [0.2, 0.25) is 10.0 Å². The fourth-order valence-electron chi connectivity index (χ4n) is 4.38. The Bertz CT molecular complexity index is 1350. The number of fused-ring (bicyclic) bond motifs is 1. The Labute approximate surface area is 229 Å². The molecule has 0 radical (unpaired) electrons. The summed E-state index contributed by atoms with van der Waals surface area (Å²) in [5, 5.41) is 10.8. The molecule has 0 aromatic heterocycles. The highest BCUT2D eigenvalue weighted by Crippen LogP contribution is 2.29. The van der Waals surface area contributed by atoms with Crippen molar-refractivity contribution in [3.63, 3.8) is 0 Å². The average molecular weight is 558 g/mol. The van der Waals surface area contributed by atoms with Gasteiger partial charge in [0, 0.05) is 19.1 Å². The van der Waals surface area contributed by atoms with Crippen LogP contribution in [0.2, 0.25) is 0 Å². The van der Waals surface area contributed by atoms with Crippen LogP contribution in [0.4, 0.5) is 5.69 Å². The van der Waals surface area contributed by atoms with Crippen molar-refractivity contribution in [3.8, 4) is 0 Å². The van der Waals surface area contributed by atoms with Gasteiger partial charge in [-0.15, -0.1) is 12.4 Å². The first kappa shape index (κ1) is 29.5. The number of aliphatic hydroxyl groups is 1. The zero-order chi connectivity index (χ0) is 26.7. The van der Waals surface area contributed by atoms with Crippen LogP contribution in [0.1, 0.15) is 40.1 Å². The normalized spacial score (nSPS) is 14.9. The van der Waals surface area contributed by atoms with E-state index in [1.165, 1.54) is 28.6 Å². The molecule has 0 spiro atoms. The molecule has 0 saturated carbocycles. The molecule has 0 saturated heterocycles. The molecule has 10 heteroatoms. The Morgan fingerprint density at radius 1 is 0.842 bits per heavy atom. The maximum Gasteiger partial charge on any atom is 0.266 e. The van der Waals surface area contributed by atoms with Crippen molar-refractivity contribution in [1.29, 1.82) is 0 Å². The minimum absolute atomic E-state index is 0. The van der Waals surface area contributed by atoms with Gasteiger partial charge in [-0.05, 0) is 54.3 Å². The highest BCUT2D eigenvalue weighted by atomic mass is 35.5. The van der Waals surface area contributed by atoms with Gasteiger partial charge in [-0.3, -0.25) is 9.59 Å². The molecule has 0 unspecified atom stereocenters. The third kappa shape index (κ3) is 6.14. The minimum Gasteiger partial charge on any atom is -0.390 e. The van der Waals surface area contributed by atoms with E-state index in [4.69, 9.17) is 5.73 Å². The lowest BCUT2D eigenvalue weighted by Gasteiger charge is -2.29. The second kappa shape index (κ2) is 12.2. The van der Waals surface area contributed by atoms with E-state index in [1.807, 2.05) is 44.2 Å². The Hall–Kier alpha value is -3.08. The molecule has 3 aromatic carbocycles. The van der Waals surface area contributed by atoms with Gasteiger partial charge in [0.05, 0.1) is 27.8 Å². The summed E-state index contributed by atoms with van der Waals surface area (Å²) < 4.78 is 28.3. The van der Waals surface area contributed by atoms with Crippen LogP contribution in [0.15, 0.2) is 83.8 Å². The molecule has 8 nitrogen and oxygen atoms in total.